The number of likely N-dealkylation sites (tertiary alicyclic amines) is 1. The van der Waals surface area contributed by atoms with Crippen LogP contribution >= 0.6 is 23.4 Å². The van der Waals surface area contributed by atoms with E-state index >= 15 is 0 Å². The molecular formula is C49H67ClN4O10S. The van der Waals surface area contributed by atoms with Gasteiger partial charge < -0.3 is 29.5 Å². The van der Waals surface area contributed by atoms with Crippen LogP contribution in [0.1, 0.15) is 109 Å². The topological polar surface area (TPSA) is 184 Å². The van der Waals surface area contributed by atoms with E-state index in [1.165, 1.54) is 21.6 Å². The summed E-state index contributed by atoms with van der Waals surface area (Å²) in [5.41, 5.74) is 0.650. The number of epoxide rings is 1. The summed E-state index contributed by atoms with van der Waals surface area (Å²) < 4.78 is 18.5. The van der Waals surface area contributed by atoms with Crippen LogP contribution in [0.3, 0.4) is 0 Å². The Kier molecular flexibility index (Phi) is 15.2. The van der Waals surface area contributed by atoms with E-state index in [4.69, 9.17) is 25.8 Å². The standard InChI is InChI=1S/C49H67ClN4O10S/c1-27-9-8-10-29(3)49(61)24-37(62-47(60)52-49)30(4)43-48(5,64-43)39(23-40(55)53(7)36-21-33(19-27)20-28(2)42(36)50)63-46(59)35-17-13-32(14-18-35)26-65-38-22-41(56)54(45(38)58)25-31-11-15-34(16-12-31)44(57)51-6/h8-10,20-21,29-32,34-35,37-39,43,61H,11-19,22-26H2,1-7H3,(H,51,57)(H,52,60)/b10-8+,27-9+/t29-,30-,31?,32?,34?,35?,37?,38?,39+,43+,48+,49+/m1/s1. The summed E-state index contributed by atoms with van der Waals surface area (Å²) in [5.74, 6) is -1.05. The molecule has 14 nitrogen and oxygen atoms in total. The van der Waals surface area contributed by atoms with Gasteiger partial charge in [0.15, 0.2) is 0 Å². The predicted octanol–water partition coefficient (Wildman–Crippen LogP) is 6.81. The van der Waals surface area contributed by atoms with E-state index < -0.39 is 64.7 Å². The van der Waals surface area contributed by atoms with E-state index in [1.54, 1.807) is 14.1 Å². The highest BCUT2D eigenvalue weighted by atomic mass is 35.5. The molecule has 5 amide bonds. The number of fused-ring (bicyclic) bond motifs is 5. The number of carbonyl (C=O) groups excluding carboxylic acids is 6. The van der Waals surface area contributed by atoms with Crippen LogP contribution < -0.4 is 15.5 Å². The third-order valence-corrected chi connectivity index (χ3v) is 17.1. The third-order valence-electron chi connectivity index (χ3n) is 15.2. The molecule has 4 bridgehead atoms. The summed E-state index contributed by atoms with van der Waals surface area (Å²) in [5, 5.41) is 17.2. The second kappa shape index (κ2) is 20.1. The van der Waals surface area contributed by atoms with Gasteiger partial charge >= 0.3 is 12.1 Å². The van der Waals surface area contributed by atoms with E-state index in [0.29, 0.717) is 42.3 Å². The Balaban J connectivity index is 1.01. The zero-order chi connectivity index (χ0) is 47.0. The fourth-order valence-electron chi connectivity index (χ4n) is 10.6. The number of rotatable bonds is 8. The molecule has 0 spiro atoms. The van der Waals surface area contributed by atoms with Crippen LogP contribution in [0.25, 0.3) is 0 Å². The van der Waals surface area contributed by atoms with Gasteiger partial charge in [-0.2, -0.15) is 0 Å². The molecule has 2 saturated carbocycles. The smallest absolute Gasteiger partial charge is 0.409 e. The SMILES string of the molecule is CNC(=O)C1CCC(CN2C(=O)CC(SCC3CCC(C(=O)O[C@H]4CC(=O)N(C)c5cc(cc(C)c5Cl)C/C(C)=C/C=C/[C@@H](C)[C@@]5(O)CC(OC(=O)N5)[C@@H](C)[C@@H]5O[C@@]45C)CC3)C2=O)CC1. The first-order valence-corrected chi connectivity index (χ1v) is 24.9. The molecule has 4 aliphatic heterocycles. The number of imide groups is 1. The number of aliphatic hydroxyl groups is 1. The number of alkyl carbamates (subject to hydrolysis) is 1. The predicted molar refractivity (Wildman–Crippen MR) is 248 cm³/mol. The first-order chi connectivity index (χ1) is 30.8. The highest BCUT2D eigenvalue weighted by Crippen LogP contribution is 2.50. The highest BCUT2D eigenvalue weighted by molar-refractivity contribution is 8.00. The lowest BCUT2D eigenvalue weighted by atomic mass is 9.81. The van der Waals surface area contributed by atoms with Crippen LogP contribution in [0.2, 0.25) is 5.02 Å². The van der Waals surface area contributed by atoms with E-state index in [9.17, 15) is 33.9 Å². The summed E-state index contributed by atoms with van der Waals surface area (Å²) in [6.07, 6.45) is 9.16. The number of ether oxygens (including phenoxy) is 3. The van der Waals surface area contributed by atoms with Crippen molar-refractivity contribution in [1.29, 1.82) is 0 Å². The Morgan fingerprint density at radius 1 is 0.985 bits per heavy atom. The van der Waals surface area contributed by atoms with E-state index in [0.717, 1.165) is 55.2 Å². The molecular weight excluding hydrogens is 872 g/mol. The van der Waals surface area contributed by atoms with Crippen molar-refractivity contribution in [1.82, 2.24) is 15.5 Å². The van der Waals surface area contributed by atoms with Gasteiger partial charge in [-0.1, -0.05) is 55.3 Å². The van der Waals surface area contributed by atoms with Gasteiger partial charge in [-0.25, -0.2) is 4.79 Å². The van der Waals surface area contributed by atoms with Gasteiger partial charge in [-0.05, 0) is 113 Å². The summed E-state index contributed by atoms with van der Waals surface area (Å²) in [6.45, 7) is 9.84. The Bertz CT molecular complexity index is 2080. The Hall–Kier alpha value is -3.92. The van der Waals surface area contributed by atoms with Crippen molar-refractivity contribution >= 4 is 64.7 Å². The van der Waals surface area contributed by atoms with Gasteiger partial charge in [0, 0.05) is 51.2 Å². The minimum Gasteiger partial charge on any atom is -0.458 e. The molecule has 0 radical (unpaired) electrons. The summed E-state index contributed by atoms with van der Waals surface area (Å²) in [4.78, 5) is 82.8. The average Bonchev–Trinajstić information content (AvgIpc) is 3.90. The van der Waals surface area contributed by atoms with Gasteiger partial charge in [0.1, 0.15) is 23.5 Å². The molecule has 2 unspecified atom stereocenters. The quantitative estimate of drug-likeness (QED) is 0.141. The third kappa shape index (κ3) is 10.9. The average molecular weight is 940 g/mol. The second-order valence-corrected chi connectivity index (χ2v) is 21.5. The highest BCUT2D eigenvalue weighted by Gasteiger charge is 2.64. The van der Waals surface area contributed by atoms with Crippen LogP contribution in [0.4, 0.5) is 10.5 Å². The lowest BCUT2D eigenvalue weighted by Gasteiger charge is -2.41. The largest absolute Gasteiger partial charge is 0.458 e. The number of hydrogen-bond donors (Lipinski definition) is 3. The van der Waals surface area contributed by atoms with E-state index in [2.05, 4.69) is 10.6 Å². The molecule has 356 valence electrons. The Morgan fingerprint density at radius 3 is 2.35 bits per heavy atom. The van der Waals surface area contributed by atoms with Gasteiger partial charge in [0.2, 0.25) is 23.6 Å². The number of anilines is 1. The molecule has 1 aromatic carbocycles. The number of esters is 1. The van der Waals surface area contributed by atoms with Crippen molar-refractivity contribution in [2.24, 2.45) is 35.5 Å². The number of hydrogen-bond acceptors (Lipinski definition) is 11. The van der Waals surface area contributed by atoms with Crippen molar-refractivity contribution in [3.05, 3.63) is 52.1 Å². The number of nitrogens with one attached hydrogen (secondary N) is 2. The molecule has 8 atom stereocenters. The van der Waals surface area contributed by atoms with Gasteiger partial charge in [0.05, 0.1) is 34.4 Å². The van der Waals surface area contributed by atoms with Crippen molar-refractivity contribution in [2.45, 2.75) is 147 Å². The summed E-state index contributed by atoms with van der Waals surface area (Å²) >= 11 is 8.38. The number of aryl methyl sites for hydroxylation is 1. The minimum absolute atomic E-state index is 0.00469. The fourth-order valence-corrected chi connectivity index (χ4v) is 12.2. The summed E-state index contributed by atoms with van der Waals surface area (Å²) in [7, 11) is 3.32. The van der Waals surface area contributed by atoms with Crippen molar-refractivity contribution in [3.8, 4) is 0 Å². The molecule has 3 N–H and O–H groups in total. The maximum Gasteiger partial charge on any atom is 0.409 e. The Morgan fingerprint density at radius 2 is 1.66 bits per heavy atom. The maximum atomic E-state index is 14.3. The Labute approximate surface area is 392 Å². The summed E-state index contributed by atoms with van der Waals surface area (Å²) in [6, 6.07) is 3.90. The zero-order valence-corrected chi connectivity index (χ0v) is 40.4. The lowest BCUT2D eigenvalue weighted by Crippen LogP contribution is -2.60. The van der Waals surface area contributed by atoms with Crippen molar-refractivity contribution in [3.63, 3.8) is 0 Å². The first-order valence-electron chi connectivity index (χ1n) is 23.5. The monoisotopic (exact) mass is 938 g/mol. The molecule has 0 aromatic heterocycles. The van der Waals surface area contributed by atoms with Gasteiger partial charge in [-0.15, -0.1) is 11.8 Å². The lowest BCUT2D eigenvalue weighted by molar-refractivity contribution is -0.160. The maximum absolute atomic E-state index is 14.3. The number of allylic oxidation sites excluding steroid dienone is 3. The van der Waals surface area contributed by atoms with E-state index in [1.807, 2.05) is 65.0 Å². The number of nitrogens with zero attached hydrogens (tertiary/aromatic N) is 2. The normalized spacial score (nSPS) is 37.0. The molecule has 4 heterocycles. The molecule has 16 heteroatoms. The number of halogens is 1. The zero-order valence-electron chi connectivity index (χ0n) is 38.9. The van der Waals surface area contributed by atoms with Crippen LogP contribution in [0, 0.1) is 42.4 Å². The van der Waals surface area contributed by atoms with Crippen molar-refractivity contribution in [2.75, 3.05) is 31.3 Å². The molecule has 65 heavy (non-hydrogen) atoms. The van der Waals surface area contributed by atoms with Crippen molar-refractivity contribution < 1.29 is 48.1 Å². The van der Waals surface area contributed by atoms with Crippen LogP contribution in [-0.2, 0) is 44.6 Å². The molecule has 1 aromatic rings. The minimum atomic E-state index is -1.59. The second-order valence-electron chi connectivity index (χ2n) is 19.9. The van der Waals surface area contributed by atoms with Crippen LogP contribution in [-0.4, -0.2) is 107 Å². The molecule has 2 aliphatic carbocycles. The van der Waals surface area contributed by atoms with Crippen LogP contribution in [0.5, 0.6) is 0 Å². The number of carbonyl (C=O) groups is 6. The molecule has 7 rings (SSSR count). The van der Waals surface area contributed by atoms with Gasteiger partial charge in [-0.3, -0.25) is 34.2 Å². The first kappa shape index (κ1) is 49.0. The molecule has 5 fully saturated rings. The number of thioether (sulfide) groups is 1. The molecule has 3 saturated heterocycles. The van der Waals surface area contributed by atoms with E-state index in [-0.39, 0.29) is 60.6 Å². The number of benzene rings is 1. The van der Waals surface area contributed by atoms with Crippen LogP contribution in [0.15, 0.2) is 35.9 Å². The molecule has 6 aliphatic rings. The fraction of sp³-hybridized carbons (Fsp3) is 0.673. The van der Waals surface area contributed by atoms with Gasteiger partial charge in [0.25, 0.3) is 0 Å². The number of amides is 5.